The van der Waals surface area contributed by atoms with Crippen molar-refractivity contribution in [3.05, 3.63) is 174 Å². The Hall–Kier alpha value is -7.45. The second kappa shape index (κ2) is 11.9. The lowest BCUT2D eigenvalue weighted by molar-refractivity contribution is 1.17. The smallest absolute Gasteiger partial charge is 0.101 e. The summed E-state index contributed by atoms with van der Waals surface area (Å²) in [6, 6.07) is 60.1. The van der Waals surface area contributed by atoms with Gasteiger partial charge in [-0.15, -0.1) is 0 Å². The van der Waals surface area contributed by atoms with Gasteiger partial charge in [-0.1, -0.05) is 115 Å². The van der Waals surface area contributed by atoms with Crippen LogP contribution in [0.3, 0.4) is 0 Å². The van der Waals surface area contributed by atoms with E-state index in [4.69, 9.17) is 0 Å². The molecule has 0 aliphatic heterocycles. The zero-order valence-electron chi connectivity index (χ0n) is 27.3. The van der Waals surface area contributed by atoms with E-state index in [1.54, 1.807) is 0 Å². The summed E-state index contributed by atoms with van der Waals surface area (Å²) in [6.07, 6.45) is 0. The highest BCUT2D eigenvalue weighted by molar-refractivity contribution is 6.23. The van der Waals surface area contributed by atoms with Gasteiger partial charge in [-0.2, -0.15) is 15.8 Å². The van der Waals surface area contributed by atoms with E-state index in [0.29, 0.717) is 16.7 Å². The second-order valence-electron chi connectivity index (χ2n) is 12.6. The molecule has 0 bridgehead atoms. The first-order chi connectivity index (χ1) is 25.2. The molecular formula is C47H26N4. The third-order valence-corrected chi connectivity index (χ3v) is 9.90. The second-order valence-corrected chi connectivity index (χ2v) is 12.6. The van der Waals surface area contributed by atoms with Gasteiger partial charge in [-0.3, -0.25) is 0 Å². The van der Waals surface area contributed by atoms with Crippen molar-refractivity contribution in [2.45, 2.75) is 0 Å². The van der Waals surface area contributed by atoms with E-state index in [2.05, 4.69) is 95.6 Å². The van der Waals surface area contributed by atoms with Crippen LogP contribution in [0, 0.1) is 34.0 Å². The summed E-state index contributed by atoms with van der Waals surface area (Å²) in [7, 11) is 0. The minimum Gasteiger partial charge on any atom is -0.308 e. The lowest BCUT2D eigenvalue weighted by Crippen LogP contribution is -1.99. The van der Waals surface area contributed by atoms with E-state index >= 15 is 0 Å². The number of hydrogen-bond acceptors (Lipinski definition) is 3. The standard InChI is InChI=1S/C47H26N4/c48-27-30-21-23-44-41(25-30)36-14-8-9-20-43(36)51(44)42-24-22-32(26-34(42)29-50)35-19-10-13-33(28-49)46(35)47-39-17-6-4-15-37(39)45(31-11-2-1-3-12-31)38-16-5-7-18-40(38)47/h1-26H. The summed E-state index contributed by atoms with van der Waals surface area (Å²) in [5, 5.41) is 37.2. The highest BCUT2D eigenvalue weighted by Crippen LogP contribution is 2.47. The van der Waals surface area contributed by atoms with Crippen LogP contribution in [0.1, 0.15) is 16.7 Å². The van der Waals surface area contributed by atoms with E-state index in [9.17, 15) is 15.8 Å². The molecule has 0 amide bonds. The van der Waals surface area contributed by atoms with Crippen molar-refractivity contribution in [1.82, 2.24) is 4.57 Å². The molecule has 0 fully saturated rings. The number of hydrogen-bond donors (Lipinski definition) is 0. The summed E-state index contributed by atoms with van der Waals surface area (Å²) in [4.78, 5) is 0. The molecule has 1 aromatic heterocycles. The van der Waals surface area contributed by atoms with Gasteiger partial charge >= 0.3 is 0 Å². The average Bonchev–Trinajstić information content (AvgIpc) is 3.53. The molecule has 9 aromatic rings. The predicted octanol–water partition coefficient (Wildman–Crippen LogP) is 11.7. The molecule has 0 unspecified atom stereocenters. The fourth-order valence-electron chi connectivity index (χ4n) is 7.76. The zero-order valence-corrected chi connectivity index (χ0v) is 27.3. The van der Waals surface area contributed by atoms with E-state index in [-0.39, 0.29) is 0 Å². The Kier molecular flexibility index (Phi) is 6.93. The van der Waals surface area contributed by atoms with Crippen molar-refractivity contribution in [2.75, 3.05) is 0 Å². The molecular weight excluding hydrogens is 621 g/mol. The quantitative estimate of drug-likeness (QED) is 0.179. The maximum Gasteiger partial charge on any atom is 0.101 e. The lowest BCUT2D eigenvalue weighted by atomic mass is 9.82. The maximum absolute atomic E-state index is 10.7. The average molecular weight is 647 g/mol. The number of nitriles is 3. The third-order valence-electron chi connectivity index (χ3n) is 9.90. The van der Waals surface area contributed by atoms with Gasteiger partial charge in [0.1, 0.15) is 6.07 Å². The van der Waals surface area contributed by atoms with E-state index in [1.165, 1.54) is 0 Å². The summed E-state index contributed by atoms with van der Waals surface area (Å²) < 4.78 is 2.10. The molecule has 0 radical (unpaired) electrons. The first kappa shape index (κ1) is 29.7. The fourth-order valence-corrected chi connectivity index (χ4v) is 7.76. The van der Waals surface area contributed by atoms with Gasteiger partial charge in [-0.05, 0) is 91.8 Å². The highest BCUT2D eigenvalue weighted by Gasteiger charge is 2.22. The molecule has 0 aliphatic rings. The Bertz CT molecular complexity index is 2940. The molecule has 0 saturated carbocycles. The van der Waals surface area contributed by atoms with Crippen LogP contribution in [0.5, 0.6) is 0 Å². The van der Waals surface area contributed by atoms with Gasteiger partial charge in [-0.25, -0.2) is 0 Å². The van der Waals surface area contributed by atoms with Crippen LogP contribution in [0.2, 0.25) is 0 Å². The number of benzene rings is 8. The molecule has 4 heteroatoms. The number of para-hydroxylation sites is 1. The van der Waals surface area contributed by atoms with E-state index in [0.717, 1.165) is 82.4 Å². The third kappa shape index (κ3) is 4.58. The molecule has 9 rings (SSSR count). The fraction of sp³-hybridized carbons (Fsp3) is 0. The van der Waals surface area contributed by atoms with Gasteiger partial charge < -0.3 is 4.57 Å². The molecule has 234 valence electrons. The molecule has 8 aromatic carbocycles. The Balaban J connectivity index is 1.32. The van der Waals surface area contributed by atoms with Crippen LogP contribution < -0.4 is 0 Å². The van der Waals surface area contributed by atoms with Crippen LogP contribution >= 0.6 is 0 Å². The summed E-state index contributed by atoms with van der Waals surface area (Å²) in [6.45, 7) is 0. The molecule has 4 nitrogen and oxygen atoms in total. The van der Waals surface area contributed by atoms with Crippen LogP contribution in [0.15, 0.2) is 158 Å². The SMILES string of the molecule is N#Cc1ccc2c(c1)c1ccccc1n2-c1ccc(-c2cccc(C#N)c2-c2c3ccccc3c(-c3ccccc3)c3ccccc23)cc1C#N. The molecule has 0 N–H and O–H groups in total. The first-order valence-electron chi connectivity index (χ1n) is 16.7. The van der Waals surface area contributed by atoms with Crippen LogP contribution in [-0.2, 0) is 0 Å². The van der Waals surface area contributed by atoms with Gasteiger partial charge in [0.25, 0.3) is 0 Å². The minimum atomic E-state index is 0.502. The van der Waals surface area contributed by atoms with Crippen molar-refractivity contribution in [3.8, 4) is 57.3 Å². The van der Waals surface area contributed by atoms with Crippen molar-refractivity contribution >= 4 is 43.4 Å². The number of nitrogens with zero attached hydrogens (tertiary/aromatic N) is 4. The topological polar surface area (TPSA) is 76.3 Å². The number of rotatable bonds is 4. The Morgan fingerprint density at radius 1 is 0.373 bits per heavy atom. The van der Waals surface area contributed by atoms with E-state index in [1.807, 2.05) is 84.9 Å². The van der Waals surface area contributed by atoms with Crippen molar-refractivity contribution in [1.29, 1.82) is 15.8 Å². The monoisotopic (exact) mass is 646 g/mol. The first-order valence-corrected chi connectivity index (χ1v) is 16.7. The van der Waals surface area contributed by atoms with Crippen LogP contribution in [0.25, 0.3) is 82.4 Å². The Morgan fingerprint density at radius 2 is 0.980 bits per heavy atom. The Labute approximate surface area is 294 Å². The van der Waals surface area contributed by atoms with Gasteiger partial charge in [0, 0.05) is 16.3 Å². The van der Waals surface area contributed by atoms with E-state index < -0.39 is 0 Å². The van der Waals surface area contributed by atoms with Crippen LogP contribution in [0.4, 0.5) is 0 Å². The normalized spacial score (nSPS) is 11.1. The molecule has 1 heterocycles. The summed E-state index contributed by atoms with van der Waals surface area (Å²) >= 11 is 0. The minimum absolute atomic E-state index is 0.502. The van der Waals surface area contributed by atoms with Gasteiger partial charge in [0.05, 0.1) is 45.5 Å². The van der Waals surface area contributed by atoms with Gasteiger partial charge in [0.2, 0.25) is 0 Å². The van der Waals surface area contributed by atoms with Crippen molar-refractivity contribution in [2.24, 2.45) is 0 Å². The number of aromatic nitrogens is 1. The number of fused-ring (bicyclic) bond motifs is 5. The Morgan fingerprint density at radius 3 is 1.65 bits per heavy atom. The van der Waals surface area contributed by atoms with Crippen molar-refractivity contribution in [3.63, 3.8) is 0 Å². The van der Waals surface area contributed by atoms with Crippen LogP contribution in [-0.4, -0.2) is 4.57 Å². The van der Waals surface area contributed by atoms with Crippen molar-refractivity contribution < 1.29 is 0 Å². The summed E-state index contributed by atoms with van der Waals surface area (Å²) in [5.41, 5.74) is 10.1. The molecule has 0 saturated heterocycles. The predicted molar refractivity (Wildman–Crippen MR) is 206 cm³/mol. The summed E-state index contributed by atoms with van der Waals surface area (Å²) in [5.74, 6) is 0. The zero-order chi connectivity index (χ0) is 34.5. The maximum atomic E-state index is 10.7. The molecule has 0 spiro atoms. The molecule has 0 atom stereocenters. The molecule has 0 aliphatic carbocycles. The highest BCUT2D eigenvalue weighted by atomic mass is 15.0. The lowest BCUT2D eigenvalue weighted by Gasteiger charge is -2.21. The largest absolute Gasteiger partial charge is 0.308 e. The molecule has 51 heavy (non-hydrogen) atoms. The van der Waals surface area contributed by atoms with Gasteiger partial charge in [0.15, 0.2) is 0 Å².